The van der Waals surface area contributed by atoms with Gasteiger partial charge in [0.1, 0.15) is 12.4 Å². The van der Waals surface area contributed by atoms with Crippen molar-refractivity contribution in [2.45, 2.75) is 5.54 Å². The highest BCUT2D eigenvalue weighted by molar-refractivity contribution is 5.27. The lowest BCUT2D eigenvalue weighted by Gasteiger charge is -2.27. The molecule has 0 heterocycles. The Morgan fingerprint density at radius 2 is 1.80 bits per heavy atom. The van der Waals surface area contributed by atoms with Gasteiger partial charge in [0.2, 0.25) is 0 Å². The lowest BCUT2D eigenvalue weighted by atomic mass is 9.93. The fraction of sp³-hybridized carbons (Fsp3) is 0.200. The summed E-state index contributed by atoms with van der Waals surface area (Å²) in [6, 6.07) is 11.8. The Labute approximate surface area is 115 Å². The van der Waals surface area contributed by atoms with E-state index < -0.39 is 17.2 Å². The predicted molar refractivity (Wildman–Crippen MR) is 71.2 cm³/mol. The molecule has 0 spiro atoms. The van der Waals surface area contributed by atoms with Gasteiger partial charge in [-0.25, -0.2) is 8.78 Å². The molecule has 0 fully saturated rings. The topological polar surface area (TPSA) is 55.5 Å². The van der Waals surface area contributed by atoms with Crippen molar-refractivity contribution in [2.24, 2.45) is 5.73 Å². The smallest absolute Gasteiger partial charge is 0.165 e. The summed E-state index contributed by atoms with van der Waals surface area (Å²) in [4.78, 5) is 0. The maximum atomic E-state index is 13.5. The Morgan fingerprint density at radius 3 is 2.45 bits per heavy atom. The van der Waals surface area contributed by atoms with E-state index >= 15 is 0 Å². The number of rotatable bonds is 5. The molecular weight excluding hydrogens is 264 g/mol. The van der Waals surface area contributed by atoms with Crippen LogP contribution in [0.4, 0.5) is 8.78 Å². The average Bonchev–Trinajstić information content (AvgIpc) is 2.49. The van der Waals surface area contributed by atoms with Crippen LogP contribution in [-0.2, 0) is 5.54 Å². The molecule has 0 aliphatic carbocycles. The summed E-state index contributed by atoms with van der Waals surface area (Å²) in [5, 5.41) is 9.47. The van der Waals surface area contributed by atoms with Crippen LogP contribution in [0.5, 0.6) is 5.75 Å². The molecule has 0 aliphatic heterocycles. The monoisotopic (exact) mass is 279 g/mol. The van der Waals surface area contributed by atoms with E-state index in [2.05, 4.69) is 0 Å². The van der Waals surface area contributed by atoms with Crippen molar-refractivity contribution in [2.75, 3.05) is 13.2 Å². The van der Waals surface area contributed by atoms with Crippen molar-refractivity contribution < 1.29 is 18.6 Å². The minimum atomic E-state index is -1.18. The van der Waals surface area contributed by atoms with Crippen LogP contribution in [-0.4, -0.2) is 18.3 Å². The molecule has 0 amide bonds. The van der Waals surface area contributed by atoms with E-state index in [0.717, 1.165) is 18.2 Å². The standard InChI is InChI=1S/C15H15F2NO2/c16-12-6-7-13(17)14(8-12)20-10-15(18,9-19)11-4-2-1-3-5-11/h1-8,19H,9-10,18H2. The van der Waals surface area contributed by atoms with Crippen molar-refractivity contribution >= 4 is 0 Å². The molecule has 20 heavy (non-hydrogen) atoms. The highest BCUT2D eigenvalue weighted by Gasteiger charge is 2.28. The van der Waals surface area contributed by atoms with Gasteiger partial charge in [-0.05, 0) is 17.7 Å². The molecule has 0 bridgehead atoms. The number of hydrogen-bond donors (Lipinski definition) is 2. The van der Waals surface area contributed by atoms with Crippen molar-refractivity contribution in [3.8, 4) is 5.75 Å². The van der Waals surface area contributed by atoms with E-state index in [9.17, 15) is 13.9 Å². The fourth-order valence-electron chi connectivity index (χ4n) is 1.78. The van der Waals surface area contributed by atoms with Gasteiger partial charge in [0.15, 0.2) is 11.6 Å². The summed E-state index contributed by atoms with van der Waals surface area (Å²) in [5.41, 5.74) is 5.53. The number of aliphatic hydroxyl groups is 1. The highest BCUT2D eigenvalue weighted by Crippen LogP contribution is 2.22. The Kier molecular flexibility index (Phi) is 4.32. The third-order valence-corrected chi connectivity index (χ3v) is 3.01. The molecular formula is C15H15F2NO2. The second kappa shape index (κ2) is 5.98. The van der Waals surface area contributed by atoms with Crippen molar-refractivity contribution in [1.82, 2.24) is 0 Å². The third kappa shape index (κ3) is 3.12. The predicted octanol–water partition coefficient (Wildman–Crippen LogP) is 2.19. The van der Waals surface area contributed by atoms with Gasteiger partial charge in [0.25, 0.3) is 0 Å². The summed E-state index contributed by atoms with van der Waals surface area (Å²) in [6.45, 7) is -0.554. The number of nitrogens with two attached hydrogens (primary N) is 1. The van der Waals surface area contributed by atoms with E-state index in [1.165, 1.54) is 0 Å². The van der Waals surface area contributed by atoms with Crippen LogP contribution in [0.1, 0.15) is 5.56 Å². The van der Waals surface area contributed by atoms with Gasteiger partial charge in [0, 0.05) is 6.07 Å². The summed E-state index contributed by atoms with van der Waals surface area (Å²) in [6.07, 6.45) is 0. The van der Waals surface area contributed by atoms with Gasteiger partial charge in [-0.15, -0.1) is 0 Å². The van der Waals surface area contributed by atoms with Gasteiger partial charge < -0.3 is 15.6 Å². The summed E-state index contributed by atoms with van der Waals surface area (Å²) in [7, 11) is 0. The van der Waals surface area contributed by atoms with E-state index in [1.807, 2.05) is 6.07 Å². The maximum absolute atomic E-state index is 13.5. The molecule has 2 rings (SSSR count). The zero-order valence-electron chi connectivity index (χ0n) is 10.7. The van der Waals surface area contributed by atoms with E-state index in [-0.39, 0.29) is 19.0 Å². The van der Waals surface area contributed by atoms with Crippen LogP contribution < -0.4 is 10.5 Å². The van der Waals surface area contributed by atoms with Crippen LogP contribution in [0.15, 0.2) is 48.5 Å². The molecule has 3 N–H and O–H groups in total. The van der Waals surface area contributed by atoms with Crippen molar-refractivity contribution in [3.63, 3.8) is 0 Å². The molecule has 0 aromatic heterocycles. The molecule has 5 heteroatoms. The summed E-state index contributed by atoms with van der Waals surface area (Å²) < 4.78 is 31.7. The first-order chi connectivity index (χ1) is 9.55. The minimum absolute atomic E-state index is 0.173. The first-order valence-corrected chi connectivity index (χ1v) is 6.08. The van der Waals surface area contributed by atoms with Gasteiger partial charge in [-0.1, -0.05) is 30.3 Å². The molecule has 1 unspecified atom stereocenters. The quantitative estimate of drug-likeness (QED) is 0.882. The highest BCUT2D eigenvalue weighted by atomic mass is 19.1. The summed E-state index contributed by atoms with van der Waals surface area (Å²) >= 11 is 0. The second-order valence-electron chi connectivity index (χ2n) is 4.54. The van der Waals surface area contributed by atoms with Gasteiger partial charge in [-0.3, -0.25) is 0 Å². The lowest BCUT2D eigenvalue weighted by Crippen LogP contribution is -2.46. The number of aliphatic hydroxyl groups excluding tert-OH is 1. The number of hydrogen-bond acceptors (Lipinski definition) is 3. The molecule has 0 radical (unpaired) electrons. The molecule has 0 saturated heterocycles. The van der Waals surface area contributed by atoms with Crippen LogP contribution >= 0.6 is 0 Å². The first-order valence-electron chi connectivity index (χ1n) is 6.08. The molecule has 3 nitrogen and oxygen atoms in total. The van der Waals surface area contributed by atoms with Crippen LogP contribution in [0.2, 0.25) is 0 Å². The zero-order chi connectivity index (χ0) is 14.6. The first kappa shape index (κ1) is 14.4. The Balaban J connectivity index is 2.17. The van der Waals surface area contributed by atoms with Crippen LogP contribution in [0.25, 0.3) is 0 Å². The molecule has 106 valence electrons. The fourth-order valence-corrected chi connectivity index (χ4v) is 1.78. The van der Waals surface area contributed by atoms with Crippen molar-refractivity contribution in [3.05, 3.63) is 65.7 Å². The maximum Gasteiger partial charge on any atom is 0.165 e. The second-order valence-corrected chi connectivity index (χ2v) is 4.54. The molecule has 1 atom stereocenters. The van der Waals surface area contributed by atoms with E-state index in [4.69, 9.17) is 10.5 Å². The number of benzene rings is 2. The number of ether oxygens (including phenoxy) is 1. The zero-order valence-corrected chi connectivity index (χ0v) is 10.7. The minimum Gasteiger partial charge on any atom is -0.488 e. The van der Waals surface area contributed by atoms with Gasteiger partial charge in [0.05, 0.1) is 12.1 Å². The average molecular weight is 279 g/mol. The molecule has 0 saturated carbocycles. The SMILES string of the molecule is NC(CO)(COc1cc(F)ccc1F)c1ccccc1. The summed E-state index contributed by atoms with van der Waals surface area (Å²) in [5.74, 6) is -1.52. The van der Waals surface area contributed by atoms with E-state index in [0.29, 0.717) is 5.56 Å². The lowest BCUT2D eigenvalue weighted by molar-refractivity contribution is 0.130. The third-order valence-electron chi connectivity index (χ3n) is 3.01. The largest absolute Gasteiger partial charge is 0.488 e. The Bertz CT molecular complexity index is 577. The van der Waals surface area contributed by atoms with Crippen molar-refractivity contribution in [1.29, 1.82) is 0 Å². The Hall–Kier alpha value is -1.98. The molecule has 2 aromatic carbocycles. The van der Waals surface area contributed by atoms with Crippen LogP contribution in [0.3, 0.4) is 0 Å². The van der Waals surface area contributed by atoms with E-state index in [1.54, 1.807) is 24.3 Å². The normalized spacial score (nSPS) is 13.8. The van der Waals surface area contributed by atoms with Gasteiger partial charge >= 0.3 is 0 Å². The Morgan fingerprint density at radius 1 is 1.10 bits per heavy atom. The van der Waals surface area contributed by atoms with Crippen LogP contribution in [0, 0.1) is 11.6 Å². The molecule has 0 aliphatic rings. The molecule has 2 aromatic rings. The number of halogens is 2. The van der Waals surface area contributed by atoms with Gasteiger partial charge in [-0.2, -0.15) is 0 Å².